The SMILES string of the molecule is COc1ccc(-c2nc(SCc3ncc(-c4ccccc4)o3)n[nH]2)cc1. The number of nitrogens with zero attached hydrogens (tertiary/aromatic N) is 3. The Labute approximate surface area is 154 Å². The normalized spacial score (nSPS) is 10.8. The molecule has 0 fully saturated rings. The van der Waals surface area contributed by atoms with Crippen LogP contribution in [0.5, 0.6) is 5.75 Å². The van der Waals surface area contributed by atoms with Gasteiger partial charge in [-0.1, -0.05) is 42.1 Å². The molecule has 0 saturated heterocycles. The monoisotopic (exact) mass is 364 g/mol. The number of ether oxygens (including phenoxy) is 1. The molecule has 2 aromatic heterocycles. The van der Waals surface area contributed by atoms with Gasteiger partial charge in [-0.2, -0.15) is 0 Å². The number of aromatic amines is 1. The lowest BCUT2D eigenvalue weighted by atomic mass is 10.2. The third-order valence-electron chi connectivity index (χ3n) is 3.76. The molecular formula is C19H16N4O2S. The van der Waals surface area contributed by atoms with E-state index < -0.39 is 0 Å². The fourth-order valence-corrected chi connectivity index (χ4v) is 3.08. The topological polar surface area (TPSA) is 76.8 Å². The number of thioether (sulfide) groups is 1. The molecule has 6 nitrogen and oxygen atoms in total. The van der Waals surface area contributed by atoms with E-state index in [1.54, 1.807) is 13.3 Å². The van der Waals surface area contributed by atoms with Gasteiger partial charge in [0.2, 0.25) is 11.0 Å². The third kappa shape index (κ3) is 3.62. The number of hydrogen-bond acceptors (Lipinski definition) is 6. The molecule has 26 heavy (non-hydrogen) atoms. The van der Waals surface area contributed by atoms with Gasteiger partial charge in [-0.3, -0.25) is 5.10 Å². The third-order valence-corrected chi connectivity index (χ3v) is 4.60. The minimum absolute atomic E-state index is 0.562. The van der Waals surface area contributed by atoms with Crippen LogP contribution in [0.25, 0.3) is 22.7 Å². The van der Waals surface area contributed by atoms with E-state index in [1.807, 2.05) is 54.6 Å². The maximum Gasteiger partial charge on any atom is 0.209 e. The molecule has 4 aromatic rings. The Morgan fingerprint density at radius 3 is 2.62 bits per heavy atom. The van der Waals surface area contributed by atoms with E-state index in [4.69, 9.17) is 9.15 Å². The molecule has 130 valence electrons. The molecule has 2 aromatic carbocycles. The van der Waals surface area contributed by atoms with Gasteiger partial charge < -0.3 is 9.15 Å². The standard InChI is InChI=1S/C19H16N4O2S/c1-24-15-9-7-14(8-10-15)18-21-19(23-22-18)26-12-17-20-11-16(25-17)13-5-3-2-4-6-13/h2-11H,12H2,1H3,(H,21,22,23). The van der Waals surface area contributed by atoms with Crippen molar-refractivity contribution in [2.24, 2.45) is 0 Å². The molecule has 0 spiro atoms. The van der Waals surface area contributed by atoms with Crippen LogP contribution in [0.3, 0.4) is 0 Å². The van der Waals surface area contributed by atoms with Crippen molar-refractivity contribution in [3.05, 3.63) is 66.7 Å². The highest BCUT2D eigenvalue weighted by atomic mass is 32.2. The summed E-state index contributed by atoms with van der Waals surface area (Å²) >= 11 is 1.47. The summed E-state index contributed by atoms with van der Waals surface area (Å²) in [6, 6.07) is 17.6. The van der Waals surface area contributed by atoms with Crippen LogP contribution in [0.15, 0.2) is 70.4 Å². The van der Waals surface area contributed by atoms with Crippen molar-refractivity contribution < 1.29 is 9.15 Å². The fraction of sp³-hybridized carbons (Fsp3) is 0.105. The molecule has 2 heterocycles. The second-order valence-electron chi connectivity index (χ2n) is 5.47. The molecule has 7 heteroatoms. The summed E-state index contributed by atoms with van der Waals surface area (Å²) in [7, 11) is 1.64. The molecule has 0 atom stereocenters. The van der Waals surface area contributed by atoms with Crippen LogP contribution in [-0.2, 0) is 5.75 Å². The molecule has 0 radical (unpaired) electrons. The van der Waals surface area contributed by atoms with Crippen LogP contribution in [0.1, 0.15) is 5.89 Å². The predicted octanol–water partition coefficient (Wildman–Crippen LogP) is 4.43. The predicted molar refractivity (Wildman–Crippen MR) is 99.9 cm³/mol. The highest BCUT2D eigenvalue weighted by molar-refractivity contribution is 7.98. The minimum atomic E-state index is 0.562. The maximum atomic E-state index is 5.80. The van der Waals surface area contributed by atoms with Crippen LogP contribution in [0.4, 0.5) is 0 Å². The lowest BCUT2D eigenvalue weighted by Crippen LogP contribution is -1.84. The van der Waals surface area contributed by atoms with E-state index in [2.05, 4.69) is 20.2 Å². The summed E-state index contributed by atoms with van der Waals surface area (Å²) in [6.07, 6.45) is 1.74. The van der Waals surface area contributed by atoms with Crippen molar-refractivity contribution in [2.75, 3.05) is 7.11 Å². The van der Waals surface area contributed by atoms with E-state index in [-0.39, 0.29) is 0 Å². The largest absolute Gasteiger partial charge is 0.497 e. The van der Waals surface area contributed by atoms with Crippen LogP contribution in [0.2, 0.25) is 0 Å². The van der Waals surface area contributed by atoms with Gasteiger partial charge in [0, 0.05) is 11.1 Å². The van der Waals surface area contributed by atoms with E-state index in [9.17, 15) is 0 Å². The first-order valence-electron chi connectivity index (χ1n) is 8.01. The van der Waals surface area contributed by atoms with Crippen molar-refractivity contribution in [1.29, 1.82) is 0 Å². The van der Waals surface area contributed by atoms with Crippen LogP contribution < -0.4 is 4.74 Å². The maximum absolute atomic E-state index is 5.80. The van der Waals surface area contributed by atoms with Crippen molar-refractivity contribution in [1.82, 2.24) is 20.2 Å². The molecule has 4 rings (SSSR count). The molecule has 1 N–H and O–H groups in total. The van der Waals surface area contributed by atoms with Gasteiger partial charge in [0.15, 0.2) is 11.6 Å². The first-order chi connectivity index (χ1) is 12.8. The van der Waals surface area contributed by atoms with Crippen LogP contribution >= 0.6 is 11.8 Å². The Bertz CT molecular complexity index is 980. The number of H-pyrrole nitrogens is 1. The zero-order valence-electron chi connectivity index (χ0n) is 14.0. The molecular weight excluding hydrogens is 348 g/mol. The molecule has 0 aliphatic carbocycles. The zero-order valence-corrected chi connectivity index (χ0v) is 14.9. The van der Waals surface area contributed by atoms with Crippen molar-refractivity contribution in [2.45, 2.75) is 10.9 Å². The smallest absolute Gasteiger partial charge is 0.209 e. The van der Waals surface area contributed by atoms with Gasteiger partial charge in [0.1, 0.15) is 5.75 Å². The van der Waals surface area contributed by atoms with E-state index >= 15 is 0 Å². The first kappa shape index (κ1) is 16.4. The quantitative estimate of drug-likeness (QED) is 0.510. The van der Waals surface area contributed by atoms with E-state index in [0.29, 0.717) is 22.6 Å². The summed E-state index contributed by atoms with van der Waals surface area (Å²) in [5.74, 6) is 3.49. The molecule has 0 bridgehead atoms. The fourth-order valence-electron chi connectivity index (χ4n) is 2.43. The van der Waals surface area contributed by atoms with Crippen molar-refractivity contribution in [3.8, 4) is 28.5 Å². The van der Waals surface area contributed by atoms with Gasteiger partial charge in [-0.15, -0.1) is 5.10 Å². The highest BCUT2D eigenvalue weighted by Crippen LogP contribution is 2.26. The van der Waals surface area contributed by atoms with E-state index in [0.717, 1.165) is 22.6 Å². The lowest BCUT2D eigenvalue weighted by molar-refractivity contribution is 0.415. The van der Waals surface area contributed by atoms with Gasteiger partial charge >= 0.3 is 0 Å². The lowest BCUT2D eigenvalue weighted by Gasteiger charge is -1.99. The molecule has 0 unspecified atom stereocenters. The zero-order chi connectivity index (χ0) is 17.8. The summed E-state index contributed by atoms with van der Waals surface area (Å²) in [5.41, 5.74) is 1.96. The van der Waals surface area contributed by atoms with E-state index in [1.165, 1.54) is 11.8 Å². The second-order valence-corrected chi connectivity index (χ2v) is 6.41. The molecule has 0 amide bonds. The minimum Gasteiger partial charge on any atom is -0.497 e. The molecule has 0 aliphatic rings. The Hall–Kier alpha value is -3.06. The van der Waals surface area contributed by atoms with Gasteiger partial charge in [0.05, 0.1) is 19.1 Å². The average Bonchev–Trinajstić information content (AvgIpc) is 3.37. The number of rotatable bonds is 6. The summed E-state index contributed by atoms with van der Waals surface area (Å²) in [5, 5.41) is 7.84. The first-order valence-corrected chi connectivity index (χ1v) is 9.00. The Morgan fingerprint density at radius 2 is 1.85 bits per heavy atom. The van der Waals surface area contributed by atoms with Gasteiger partial charge in [-0.05, 0) is 24.3 Å². The van der Waals surface area contributed by atoms with Crippen LogP contribution in [0, 0.1) is 0 Å². The Balaban J connectivity index is 1.41. The number of hydrogen-bond donors (Lipinski definition) is 1. The molecule has 0 saturated carbocycles. The number of oxazole rings is 1. The number of methoxy groups -OCH3 is 1. The van der Waals surface area contributed by atoms with Crippen molar-refractivity contribution >= 4 is 11.8 Å². The average molecular weight is 364 g/mol. The number of benzene rings is 2. The van der Waals surface area contributed by atoms with Crippen molar-refractivity contribution in [3.63, 3.8) is 0 Å². The highest BCUT2D eigenvalue weighted by Gasteiger charge is 2.10. The number of aromatic nitrogens is 4. The van der Waals surface area contributed by atoms with Crippen LogP contribution in [-0.4, -0.2) is 27.3 Å². The van der Waals surface area contributed by atoms with Gasteiger partial charge in [-0.25, -0.2) is 9.97 Å². The number of nitrogens with one attached hydrogen (secondary N) is 1. The summed E-state index contributed by atoms with van der Waals surface area (Å²) < 4.78 is 11.0. The summed E-state index contributed by atoms with van der Waals surface area (Å²) in [4.78, 5) is 8.83. The second kappa shape index (κ2) is 7.45. The molecule has 0 aliphatic heterocycles. The Morgan fingerprint density at radius 1 is 1.04 bits per heavy atom. The Kier molecular flexibility index (Phi) is 4.70. The van der Waals surface area contributed by atoms with Gasteiger partial charge in [0.25, 0.3) is 0 Å². The summed E-state index contributed by atoms with van der Waals surface area (Å²) in [6.45, 7) is 0.